The van der Waals surface area contributed by atoms with Crippen LogP contribution < -0.4 is 21.3 Å². The molecule has 42 heavy (non-hydrogen) atoms. The van der Waals surface area contributed by atoms with Crippen molar-refractivity contribution in [3.8, 4) is 0 Å². The van der Waals surface area contributed by atoms with Crippen molar-refractivity contribution in [1.82, 2.24) is 4.90 Å². The van der Waals surface area contributed by atoms with E-state index in [2.05, 4.69) is 0 Å². The summed E-state index contributed by atoms with van der Waals surface area (Å²) >= 11 is 6.97. The van der Waals surface area contributed by atoms with Crippen LogP contribution in [0.4, 0.5) is 16.2 Å². The number of nitrogens with zero attached hydrogens (tertiary/aromatic N) is 3. The summed E-state index contributed by atoms with van der Waals surface area (Å²) in [5.41, 5.74) is 12.5. The Morgan fingerprint density at radius 2 is 1.81 bits per heavy atom. The second-order valence-corrected chi connectivity index (χ2v) is 11.4. The average Bonchev–Trinajstić information content (AvgIpc) is 3.59. The van der Waals surface area contributed by atoms with Gasteiger partial charge >= 0.3 is 12.1 Å². The zero-order chi connectivity index (χ0) is 30.2. The maximum absolute atomic E-state index is 13.3. The summed E-state index contributed by atoms with van der Waals surface area (Å²) in [6.07, 6.45) is 0.139. The van der Waals surface area contributed by atoms with E-state index in [0.29, 0.717) is 54.7 Å². The molecule has 3 heterocycles. The Bertz CT molecular complexity index is 1310. The molecule has 2 aliphatic heterocycles. The Kier molecular flexibility index (Phi) is 10.9. The van der Waals surface area contributed by atoms with E-state index in [1.54, 1.807) is 29.2 Å². The Morgan fingerprint density at radius 3 is 2.45 bits per heavy atom. The maximum Gasteiger partial charge on any atom is 0.414 e. The van der Waals surface area contributed by atoms with E-state index >= 15 is 0 Å². The molecule has 13 nitrogen and oxygen atoms in total. The van der Waals surface area contributed by atoms with Crippen molar-refractivity contribution in [2.45, 2.75) is 31.4 Å². The number of halogens is 1. The number of ether oxygens (including phenoxy) is 3. The SMILES string of the molecule is NCCCC[C@H](N)C(=O)OCC(=O)N(C[C@H]1CN(c2ccc(N3CCOCC3=O)cc2)C(=O)O1)C(=O)c1ccc(Cl)s1. The highest BCUT2D eigenvalue weighted by Crippen LogP contribution is 2.27. The second-order valence-electron chi connectivity index (χ2n) is 9.64. The zero-order valence-corrected chi connectivity index (χ0v) is 24.3. The van der Waals surface area contributed by atoms with Crippen LogP contribution in [0.5, 0.6) is 0 Å². The van der Waals surface area contributed by atoms with Gasteiger partial charge in [-0.3, -0.25) is 29.0 Å². The molecule has 2 atom stereocenters. The molecule has 0 unspecified atom stereocenters. The Balaban J connectivity index is 1.41. The molecule has 0 aliphatic carbocycles. The quantitative estimate of drug-likeness (QED) is 0.262. The van der Waals surface area contributed by atoms with Crippen LogP contribution in [0.1, 0.15) is 28.9 Å². The minimum atomic E-state index is -0.929. The van der Waals surface area contributed by atoms with Gasteiger partial charge in [-0.1, -0.05) is 18.0 Å². The molecule has 0 bridgehead atoms. The molecule has 4 amide bonds. The van der Waals surface area contributed by atoms with Crippen LogP contribution in [0, 0.1) is 0 Å². The normalized spacial score (nSPS) is 17.6. The van der Waals surface area contributed by atoms with Gasteiger partial charge in [0.05, 0.1) is 28.9 Å². The highest BCUT2D eigenvalue weighted by molar-refractivity contribution is 7.18. The van der Waals surface area contributed by atoms with E-state index in [4.69, 9.17) is 37.3 Å². The standard InChI is InChI=1S/C27H32ClN5O8S/c28-22-9-8-21(42-22)25(36)33(24(35)16-40-26(37)20(30)3-1-2-10-29)14-19-13-32(27(38)41-19)18-6-4-17(5-7-18)31-11-12-39-15-23(31)34/h4-9,19-20H,1-3,10-16,29-30H2/t19-,20+/m1/s1. The van der Waals surface area contributed by atoms with Gasteiger partial charge in [-0.2, -0.15) is 0 Å². The van der Waals surface area contributed by atoms with E-state index in [1.807, 2.05) is 0 Å². The number of cyclic esters (lactones) is 1. The number of rotatable bonds is 12. The molecular formula is C27H32ClN5O8S. The van der Waals surface area contributed by atoms with Gasteiger partial charge in [0, 0.05) is 17.9 Å². The second kappa shape index (κ2) is 14.6. The number of nitrogens with two attached hydrogens (primary N) is 2. The third-order valence-electron chi connectivity index (χ3n) is 6.66. The van der Waals surface area contributed by atoms with Crippen molar-refractivity contribution < 1.29 is 38.2 Å². The van der Waals surface area contributed by atoms with Gasteiger partial charge in [-0.05, 0) is 55.8 Å². The number of hydrogen-bond donors (Lipinski definition) is 2. The number of carbonyl (C=O) groups excluding carboxylic acids is 5. The molecule has 1 aromatic heterocycles. The average molecular weight is 622 g/mol. The summed E-state index contributed by atoms with van der Waals surface area (Å²) in [5, 5.41) is 0. The van der Waals surface area contributed by atoms with Crippen molar-refractivity contribution in [2.75, 3.05) is 55.8 Å². The van der Waals surface area contributed by atoms with Gasteiger partial charge < -0.3 is 30.6 Å². The molecule has 2 aromatic rings. The summed E-state index contributed by atoms with van der Waals surface area (Å²) in [7, 11) is 0. The fourth-order valence-corrected chi connectivity index (χ4v) is 5.43. The number of imide groups is 1. The van der Waals surface area contributed by atoms with E-state index in [1.165, 1.54) is 17.0 Å². The van der Waals surface area contributed by atoms with E-state index in [9.17, 15) is 24.0 Å². The molecule has 226 valence electrons. The first-order chi connectivity index (χ1) is 20.2. The van der Waals surface area contributed by atoms with Gasteiger partial charge in [0.2, 0.25) is 0 Å². The van der Waals surface area contributed by atoms with Crippen LogP contribution in [0.3, 0.4) is 0 Å². The third-order valence-corrected chi connectivity index (χ3v) is 7.88. The molecule has 4 rings (SSSR count). The van der Waals surface area contributed by atoms with Crippen LogP contribution in [0.25, 0.3) is 0 Å². The summed E-state index contributed by atoms with van der Waals surface area (Å²) in [4.78, 5) is 67.6. The number of esters is 1. The Morgan fingerprint density at radius 1 is 1.10 bits per heavy atom. The molecule has 2 saturated heterocycles. The highest BCUT2D eigenvalue weighted by atomic mass is 35.5. The number of hydrogen-bond acceptors (Lipinski definition) is 11. The number of benzene rings is 1. The topological polar surface area (TPSA) is 175 Å². The number of unbranched alkanes of at least 4 members (excludes halogenated alkanes) is 1. The molecule has 0 radical (unpaired) electrons. The molecule has 0 spiro atoms. The minimum Gasteiger partial charge on any atom is -0.454 e. The van der Waals surface area contributed by atoms with E-state index in [0.717, 1.165) is 16.2 Å². The van der Waals surface area contributed by atoms with Crippen LogP contribution in [0.15, 0.2) is 36.4 Å². The van der Waals surface area contributed by atoms with Crippen LogP contribution in [-0.4, -0.2) is 92.8 Å². The van der Waals surface area contributed by atoms with Gasteiger partial charge in [0.25, 0.3) is 17.7 Å². The minimum absolute atomic E-state index is 0.00823. The third kappa shape index (κ3) is 7.83. The lowest BCUT2D eigenvalue weighted by Crippen LogP contribution is -2.45. The van der Waals surface area contributed by atoms with Crippen molar-refractivity contribution in [3.63, 3.8) is 0 Å². The molecule has 4 N–H and O–H groups in total. The lowest BCUT2D eigenvalue weighted by Gasteiger charge is -2.27. The largest absolute Gasteiger partial charge is 0.454 e. The van der Waals surface area contributed by atoms with E-state index in [-0.39, 0.29) is 30.5 Å². The first kappa shape index (κ1) is 31.4. The van der Waals surface area contributed by atoms with Crippen molar-refractivity contribution in [3.05, 3.63) is 45.6 Å². The van der Waals surface area contributed by atoms with Gasteiger partial charge in [-0.15, -0.1) is 11.3 Å². The molecular weight excluding hydrogens is 590 g/mol. The molecule has 2 aliphatic rings. The highest BCUT2D eigenvalue weighted by Gasteiger charge is 2.37. The fourth-order valence-electron chi connectivity index (χ4n) is 4.44. The molecule has 1 aromatic carbocycles. The lowest BCUT2D eigenvalue weighted by atomic mass is 10.1. The first-order valence-electron chi connectivity index (χ1n) is 13.4. The number of thiophene rings is 1. The Labute approximate surface area is 251 Å². The van der Waals surface area contributed by atoms with Crippen molar-refractivity contribution in [2.24, 2.45) is 11.5 Å². The molecule has 2 fully saturated rings. The monoisotopic (exact) mass is 621 g/mol. The number of anilines is 2. The van der Waals surface area contributed by atoms with Crippen LogP contribution >= 0.6 is 22.9 Å². The summed E-state index contributed by atoms with van der Waals surface area (Å²) in [5.74, 6) is -2.40. The van der Waals surface area contributed by atoms with Crippen LogP contribution in [-0.2, 0) is 28.6 Å². The predicted octanol–water partition coefficient (Wildman–Crippen LogP) is 1.76. The van der Waals surface area contributed by atoms with Gasteiger partial charge in [0.15, 0.2) is 6.61 Å². The van der Waals surface area contributed by atoms with Crippen LogP contribution in [0.2, 0.25) is 4.34 Å². The fraction of sp³-hybridized carbons (Fsp3) is 0.444. The number of carbonyl (C=O) groups is 5. The number of morpholine rings is 1. The summed E-state index contributed by atoms with van der Waals surface area (Å²) in [6.45, 7) is 0.371. The number of amides is 4. The lowest BCUT2D eigenvalue weighted by molar-refractivity contribution is -0.152. The first-order valence-corrected chi connectivity index (χ1v) is 14.6. The van der Waals surface area contributed by atoms with Gasteiger partial charge in [-0.25, -0.2) is 4.79 Å². The Hall–Kier alpha value is -3.56. The summed E-state index contributed by atoms with van der Waals surface area (Å²) < 4.78 is 16.1. The van der Waals surface area contributed by atoms with Gasteiger partial charge in [0.1, 0.15) is 18.8 Å². The molecule has 0 saturated carbocycles. The predicted molar refractivity (Wildman–Crippen MR) is 154 cm³/mol. The zero-order valence-electron chi connectivity index (χ0n) is 22.7. The molecule has 15 heteroatoms. The smallest absolute Gasteiger partial charge is 0.414 e. The van der Waals surface area contributed by atoms with Crippen molar-refractivity contribution >= 4 is 64.1 Å². The van der Waals surface area contributed by atoms with E-state index < -0.39 is 42.6 Å². The summed E-state index contributed by atoms with van der Waals surface area (Å²) in [6, 6.07) is 8.86. The maximum atomic E-state index is 13.3. The van der Waals surface area contributed by atoms with Crippen molar-refractivity contribution in [1.29, 1.82) is 0 Å².